The molecule has 0 unspecified atom stereocenters. The van der Waals surface area contributed by atoms with E-state index in [2.05, 4.69) is 37.9 Å². The average Bonchev–Trinajstić information content (AvgIpc) is 2.61. The molecule has 5 nitrogen and oxygen atoms in total. The molecule has 2 amide bonds. The topological polar surface area (TPSA) is 52.7 Å². The van der Waals surface area contributed by atoms with Crippen molar-refractivity contribution in [1.29, 1.82) is 0 Å². The Kier molecular flexibility index (Phi) is 7.21. The standard InChI is InChI=1S/C21H33N3O2/c1-5-6-11-22-19(25)16-23-12-14-24(15-13-23)20(26)17-7-9-18(10-8-17)21(2,3)4/h7-10H,5-6,11-16H2,1-4H3,(H,22,25). The van der Waals surface area contributed by atoms with Gasteiger partial charge in [-0.25, -0.2) is 0 Å². The SMILES string of the molecule is CCCCNC(=O)CN1CCN(C(=O)c2ccc(C(C)(C)C)cc2)CC1. The molecule has 1 heterocycles. The van der Waals surface area contributed by atoms with E-state index in [0.717, 1.165) is 38.0 Å². The number of carbonyl (C=O) groups excluding carboxylic acids is 2. The fourth-order valence-electron chi connectivity index (χ4n) is 3.07. The summed E-state index contributed by atoms with van der Waals surface area (Å²) in [5.74, 6) is 0.161. The summed E-state index contributed by atoms with van der Waals surface area (Å²) in [4.78, 5) is 28.6. The van der Waals surface area contributed by atoms with E-state index in [4.69, 9.17) is 0 Å². The van der Waals surface area contributed by atoms with Gasteiger partial charge in [-0.3, -0.25) is 14.5 Å². The normalized spacial score (nSPS) is 15.8. The Morgan fingerprint density at radius 1 is 1.04 bits per heavy atom. The smallest absolute Gasteiger partial charge is 0.253 e. The van der Waals surface area contributed by atoms with Gasteiger partial charge in [0.2, 0.25) is 5.91 Å². The monoisotopic (exact) mass is 359 g/mol. The number of piperazine rings is 1. The van der Waals surface area contributed by atoms with Gasteiger partial charge in [-0.1, -0.05) is 46.2 Å². The van der Waals surface area contributed by atoms with Crippen LogP contribution in [0.5, 0.6) is 0 Å². The summed E-state index contributed by atoms with van der Waals surface area (Å²) in [5.41, 5.74) is 2.06. The van der Waals surface area contributed by atoms with Crippen LogP contribution in [-0.4, -0.2) is 60.9 Å². The second-order valence-electron chi connectivity index (χ2n) is 8.10. The third-order valence-corrected chi connectivity index (χ3v) is 4.88. The fourth-order valence-corrected chi connectivity index (χ4v) is 3.07. The van der Waals surface area contributed by atoms with Crippen molar-refractivity contribution in [2.24, 2.45) is 0 Å². The van der Waals surface area contributed by atoms with E-state index in [9.17, 15) is 9.59 Å². The molecule has 0 radical (unpaired) electrons. The van der Waals surface area contributed by atoms with Crippen molar-refractivity contribution in [3.05, 3.63) is 35.4 Å². The molecule has 1 aromatic rings. The van der Waals surface area contributed by atoms with Crippen LogP contribution in [0.15, 0.2) is 24.3 Å². The number of hydrogen-bond acceptors (Lipinski definition) is 3. The number of hydrogen-bond donors (Lipinski definition) is 1. The van der Waals surface area contributed by atoms with Crippen LogP contribution < -0.4 is 5.32 Å². The molecule has 1 N–H and O–H groups in total. The zero-order valence-electron chi connectivity index (χ0n) is 16.7. The highest BCUT2D eigenvalue weighted by Gasteiger charge is 2.23. The van der Waals surface area contributed by atoms with Crippen LogP contribution in [-0.2, 0) is 10.2 Å². The van der Waals surface area contributed by atoms with Gasteiger partial charge in [0.15, 0.2) is 0 Å². The van der Waals surface area contributed by atoms with E-state index >= 15 is 0 Å². The van der Waals surface area contributed by atoms with Gasteiger partial charge in [0, 0.05) is 38.3 Å². The number of nitrogens with zero attached hydrogens (tertiary/aromatic N) is 2. The number of nitrogens with one attached hydrogen (secondary N) is 1. The van der Waals surface area contributed by atoms with Crippen LogP contribution >= 0.6 is 0 Å². The minimum Gasteiger partial charge on any atom is -0.355 e. The zero-order valence-corrected chi connectivity index (χ0v) is 16.7. The third-order valence-electron chi connectivity index (χ3n) is 4.88. The van der Waals surface area contributed by atoms with E-state index in [0.29, 0.717) is 19.6 Å². The van der Waals surface area contributed by atoms with Crippen LogP contribution in [0.3, 0.4) is 0 Å². The van der Waals surface area contributed by atoms with Crippen molar-refractivity contribution in [2.45, 2.75) is 46.0 Å². The molecule has 1 fully saturated rings. The number of amides is 2. The van der Waals surface area contributed by atoms with E-state index in [1.165, 1.54) is 5.56 Å². The molecule has 0 atom stereocenters. The maximum absolute atomic E-state index is 12.7. The summed E-state index contributed by atoms with van der Waals surface area (Å²) in [7, 11) is 0. The van der Waals surface area contributed by atoms with Crippen LogP contribution in [0.4, 0.5) is 0 Å². The predicted octanol–water partition coefficient (Wildman–Crippen LogP) is 2.66. The second-order valence-corrected chi connectivity index (χ2v) is 8.10. The summed E-state index contributed by atoms with van der Waals surface area (Å²) >= 11 is 0. The molecule has 1 aliphatic heterocycles. The molecule has 26 heavy (non-hydrogen) atoms. The Morgan fingerprint density at radius 3 is 2.19 bits per heavy atom. The van der Waals surface area contributed by atoms with Gasteiger partial charge in [-0.2, -0.15) is 0 Å². The van der Waals surface area contributed by atoms with Crippen molar-refractivity contribution >= 4 is 11.8 Å². The first-order chi connectivity index (χ1) is 12.3. The minimum absolute atomic E-state index is 0.0796. The number of carbonyl (C=O) groups is 2. The Hall–Kier alpha value is -1.88. The lowest BCUT2D eigenvalue weighted by atomic mass is 9.86. The van der Waals surface area contributed by atoms with Crippen molar-refractivity contribution < 1.29 is 9.59 Å². The number of benzene rings is 1. The van der Waals surface area contributed by atoms with E-state index in [1.54, 1.807) is 0 Å². The molecular formula is C21H33N3O2. The minimum atomic E-state index is 0.0796. The third kappa shape index (κ3) is 5.84. The maximum Gasteiger partial charge on any atom is 0.253 e. The first kappa shape index (κ1) is 20.4. The van der Waals surface area contributed by atoms with Gasteiger partial charge in [0.1, 0.15) is 0 Å². The summed E-state index contributed by atoms with van der Waals surface area (Å²) in [6.07, 6.45) is 2.10. The van der Waals surface area contributed by atoms with Crippen LogP contribution in [0.1, 0.15) is 56.5 Å². The summed E-state index contributed by atoms with van der Waals surface area (Å²) in [6.45, 7) is 12.6. The first-order valence-corrected chi connectivity index (χ1v) is 9.70. The lowest BCUT2D eigenvalue weighted by Gasteiger charge is -2.34. The van der Waals surface area contributed by atoms with E-state index in [1.807, 2.05) is 29.2 Å². The maximum atomic E-state index is 12.7. The Morgan fingerprint density at radius 2 is 1.65 bits per heavy atom. The lowest BCUT2D eigenvalue weighted by molar-refractivity contribution is -0.122. The quantitative estimate of drug-likeness (QED) is 0.795. The molecule has 0 saturated carbocycles. The number of rotatable bonds is 6. The zero-order chi connectivity index (χ0) is 19.2. The van der Waals surface area contributed by atoms with Gasteiger partial charge in [-0.05, 0) is 29.5 Å². The molecular weight excluding hydrogens is 326 g/mol. The Bertz CT molecular complexity index is 597. The van der Waals surface area contributed by atoms with Gasteiger partial charge in [0.05, 0.1) is 6.54 Å². The molecule has 2 rings (SSSR count). The largest absolute Gasteiger partial charge is 0.355 e. The van der Waals surface area contributed by atoms with Crippen molar-refractivity contribution in [3.63, 3.8) is 0 Å². The van der Waals surface area contributed by atoms with Crippen LogP contribution in [0.2, 0.25) is 0 Å². The predicted molar refractivity (Wildman–Crippen MR) is 105 cm³/mol. The number of unbranched alkanes of at least 4 members (excludes halogenated alkanes) is 1. The van der Waals surface area contributed by atoms with Gasteiger partial charge >= 0.3 is 0 Å². The van der Waals surface area contributed by atoms with E-state index in [-0.39, 0.29) is 17.2 Å². The van der Waals surface area contributed by atoms with Crippen molar-refractivity contribution in [3.8, 4) is 0 Å². The van der Waals surface area contributed by atoms with Gasteiger partial charge in [0.25, 0.3) is 5.91 Å². The van der Waals surface area contributed by atoms with E-state index < -0.39 is 0 Å². The molecule has 0 aliphatic carbocycles. The molecule has 1 aromatic carbocycles. The molecule has 5 heteroatoms. The Labute approximate surface area is 157 Å². The highest BCUT2D eigenvalue weighted by molar-refractivity contribution is 5.94. The highest BCUT2D eigenvalue weighted by Crippen LogP contribution is 2.22. The van der Waals surface area contributed by atoms with Crippen LogP contribution in [0.25, 0.3) is 0 Å². The highest BCUT2D eigenvalue weighted by atomic mass is 16.2. The average molecular weight is 360 g/mol. The summed E-state index contributed by atoms with van der Waals surface area (Å²) < 4.78 is 0. The van der Waals surface area contributed by atoms with Gasteiger partial charge in [-0.15, -0.1) is 0 Å². The molecule has 0 aromatic heterocycles. The summed E-state index contributed by atoms with van der Waals surface area (Å²) in [6, 6.07) is 7.95. The fraction of sp³-hybridized carbons (Fsp3) is 0.619. The van der Waals surface area contributed by atoms with Crippen molar-refractivity contribution in [1.82, 2.24) is 15.1 Å². The lowest BCUT2D eigenvalue weighted by Crippen LogP contribution is -2.51. The Balaban J connectivity index is 1.82. The molecule has 1 saturated heterocycles. The molecule has 0 spiro atoms. The first-order valence-electron chi connectivity index (χ1n) is 9.70. The summed E-state index contributed by atoms with van der Waals surface area (Å²) in [5, 5.41) is 2.95. The molecule has 0 bridgehead atoms. The van der Waals surface area contributed by atoms with Gasteiger partial charge < -0.3 is 10.2 Å². The van der Waals surface area contributed by atoms with Crippen LogP contribution in [0, 0.1) is 0 Å². The second kappa shape index (κ2) is 9.17. The molecule has 144 valence electrons. The molecule has 1 aliphatic rings. The van der Waals surface area contributed by atoms with Crippen molar-refractivity contribution in [2.75, 3.05) is 39.3 Å².